The first kappa shape index (κ1) is 15.1. The van der Waals surface area contributed by atoms with E-state index in [0.717, 1.165) is 10.0 Å². The maximum Gasteiger partial charge on any atom is 0.203 e. The zero-order chi connectivity index (χ0) is 13.9. The fourth-order valence-corrected chi connectivity index (χ4v) is 2.76. The predicted molar refractivity (Wildman–Crippen MR) is 73.9 cm³/mol. The Morgan fingerprint density at radius 3 is 2.06 bits per heavy atom. The third-order valence-corrected chi connectivity index (χ3v) is 3.48. The van der Waals surface area contributed by atoms with E-state index < -0.39 is 5.41 Å². The molecule has 0 saturated carbocycles. The molecule has 0 aromatic heterocycles. The van der Waals surface area contributed by atoms with E-state index in [0.29, 0.717) is 17.2 Å². The number of hydrogen-bond acceptors (Lipinski definition) is 4. The van der Waals surface area contributed by atoms with Crippen molar-refractivity contribution in [3.8, 4) is 17.2 Å². The molecule has 4 nitrogen and oxygen atoms in total. The van der Waals surface area contributed by atoms with Gasteiger partial charge in [0, 0.05) is 15.5 Å². The van der Waals surface area contributed by atoms with Crippen LogP contribution in [-0.4, -0.2) is 33.0 Å². The van der Waals surface area contributed by atoms with Gasteiger partial charge in [-0.05, 0) is 6.07 Å². The first-order valence-electron chi connectivity index (χ1n) is 5.52. The number of aliphatic hydroxyl groups is 1. The average Bonchev–Trinajstić information content (AvgIpc) is 2.36. The van der Waals surface area contributed by atoms with Gasteiger partial charge in [-0.2, -0.15) is 0 Å². The first-order valence-corrected chi connectivity index (χ1v) is 6.32. The van der Waals surface area contributed by atoms with Gasteiger partial charge in [-0.15, -0.1) is 0 Å². The molecule has 0 bridgehead atoms. The minimum atomic E-state index is -0.455. The Morgan fingerprint density at radius 1 is 1.11 bits per heavy atom. The van der Waals surface area contributed by atoms with Crippen LogP contribution < -0.4 is 14.2 Å². The van der Waals surface area contributed by atoms with E-state index >= 15 is 0 Å². The van der Waals surface area contributed by atoms with Crippen LogP contribution in [0.15, 0.2) is 10.5 Å². The van der Waals surface area contributed by atoms with Crippen LogP contribution in [0.1, 0.15) is 19.4 Å². The van der Waals surface area contributed by atoms with Crippen molar-refractivity contribution in [3.63, 3.8) is 0 Å². The van der Waals surface area contributed by atoms with Crippen LogP contribution in [0.3, 0.4) is 0 Å². The van der Waals surface area contributed by atoms with Crippen LogP contribution in [0.4, 0.5) is 0 Å². The Balaban J connectivity index is 3.61. The maximum atomic E-state index is 9.53. The molecule has 0 unspecified atom stereocenters. The van der Waals surface area contributed by atoms with Crippen molar-refractivity contribution < 1.29 is 19.3 Å². The van der Waals surface area contributed by atoms with Crippen molar-refractivity contribution in [2.24, 2.45) is 0 Å². The zero-order valence-corrected chi connectivity index (χ0v) is 12.9. The first-order chi connectivity index (χ1) is 8.42. The molecular formula is C13H19BrO4. The summed E-state index contributed by atoms with van der Waals surface area (Å²) in [5.74, 6) is 1.68. The molecule has 0 amide bonds. The Kier molecular flexibility index (Phi) is 4.87. The lowest BCUT2D eigenvalue weighted by molar-refractivity contribution is 0.212. The lowest BCUT2D eigenvalue weighted by atomic mass is 9.84. The monoisotopic (exact) mass is 318 g/mol. The lowest BCUT2D eigenvalue weighted by Gasteiger charge is -2.27. The maximum absolute atomic E-state index is 9.53. The average molecular weight is 319 g/mol. The van der Waals surface area contributed by atoms with Gasteiger partial charge in [0.15, 0.2) is 11.5 Å². The van der Waals surface area contributed by atoms with Gasteiger partial charge in [-0.3, -0.25) is 0 Å². The quantitative estimate of drug-likeness (QED) is 0.906. The molecule has 1 aromatic carbocycles. The summed E-state index contributed by atoms with van der Waals surface area (Å²) in [4.78, 5) is 0. The number of hydrogen-bond donors (Lipinski definition) is 1. The Labute approximate surface area is 116 Å². The topological polar surface area (TPSA) is 47.9 Å². The fourth-order valence-electron chi connectivity index (χ4n) is 1.84. The zero-order valence-electron chi connectivity index (χ0n) is 11.3. The molecule has 5 heteroatoms. The largest absolute Gasteiger partial charge is 0.493 e. The van der Waals surface area contributed by atoms with E-state index in [1.54, 1.807) is 21.3 Å². The molecule has 1 N–H and O–H groups in total. The fraction of sp³-hybridized carbons (Fsp3) is 0.538. The molecule has 0 aliphatic rings. The van der Waals surface area contributed by atoms with Crippen LogP contribution in [0, 0.1) is 0 Å². The van der Waals surface area contributed by atoms with Gasteiger partial charge in [-0.1, -0.05) is 29.8 Å². The van der Waals surface area contributed by atoms with E-state index in [9.17, 15) is 5.11 Å². The number of methoxy groups -OCH3 is 3. The van der Waals surface area contributed by atoms with E-state index in [4.69, 9.17) is 14.2 Å². The standard InChI is InChI=1S/C13H19BrO4/c1-13(2,7-15)10-8(14)6-9(16-3)11(17-4)12(10)18-5/h6,15H,7H2,1-5H3. The van der Waals surface area contributed by atoms with Crippen molar-refractivity contribution in [3.05, 3.63) is 16.1 Å². The SMILES string of the molecule is COc1cc(Br)c(C(C)(C)CO)c(OC)c1OC. The molecule has 0 heterocycles. The number of benzene rings is 1. The summed E-state index contributed by atoms with van der Waals surface area (Å²) >= 11 is 3.49. The summed E-state index contributed by atoms with van der Waals surface area (Å²) in [6.45, 7) is 3.86. The molecule has 0 radical (unpaired) electrons. The Hall–Kier alpha value is -0.940. The van der Waals surface area contributed by atoms with Crippen molar-refractivity contribution in [2.75, 3.05) is 27.9 Å². The number of halogens is 1. The Bertz CT molecular complexity index is 429. The van der Waals surface area contributed by atoms with E-state index in [2.05, 4.69) is 15.9 Å². The third-order valence-electron chi connectivity index (χ3n) is 2.85. The highest BCUT2D eigenvalue weighted by Gasteiger charge is 2.30. The summed E-state index contributed by atoms with van der Waals surface area (Å²) < 4.78 is 16.9. The van der Waals surface area contributed by atoms with Crippen LogP contribution in [0.2, 0.25) is 0 Å². The van der Waals surface area contributed by atoms with E-state index in [-0.39, 0.29) is 6.61 Å². The molecule has 0 fully saturated rings. The van der Waals surface area contributed by atoms with Gasteiger partial charge < -0.3 is 19.3 Å². The van der Waals surface area contributed by atoms with Crippen LogP contribution >= 0.6 is 15.9 Å². The molecule has 18 heavy (non-hydrogen) atoms. The molecule has 1 rings (SSSR count). The molecule has 0 saturated heterocycles. The van der Waals surface area contributed by atoms with E-state index in [1.807, 2.05) is 19.9 Å². The second kappa shape index (κ2) is 5.80. The highest BCUT2D eigenvalue weighted by atomic mass is 79.9. The molecule has 1 aromatic rings. The molecule has 0 spiro atoms. The molecule has 102 valence electrons. The molecule has 0 aliphatic heterocycles. The highest BCUT2D eigenvalue weighted by molar-refractivity contribution is 9.10. The highest BCUT2D eigenvalue weighted by Crippen LogP contribution is 2.48. The lowest BCUT2D eigenvalue weighted by Crippen LogP contribution is -2.24. The molecular weight excluding hydrogens is 300 g/mol. The van der Waals surface area contributed by atoms with Crippen molar-refractivity contribution in [1.82, 2.24) is 0 Å². The summed E-state index contributed by atoms with van der Waals surface area (Å²) in [6.07, 6.45) is 0. The number of ether oxygens (including phenoxy) is 3. The minimum Gasteiger partial charge on any atom is -0.493 e. The molecule has 0 aliphatic carbocycles. The van der Waals surface area contributed by atoms with Crippen molar-refractivity contribution in [2.45, 2.75) is 19.3 Å². The summed E-state index contributed by atoms with van der Waals surface area (Å²) in [7, 11) is 4.70. The van der Waals surface area contributed by atoms with Crippen molar-refractivity contribution >= 4 is 15.9 Å². The van der Waals surface area contributed by atoms with Gasteiger partial charge in [0.25, 0.3) is 0 Å². The van der Waals surface area contributed by atoms with Gasteiger partial charge >= 0.3 is 0 Å². The smallest absolute Gasteiger partial charge is 0.203 e. The van der Waals surface area contributed by atoms with Crippen LogP contribution in [0.25, 0.3) is 0 Å². The molecule has 0 atom stereocenters. The second-order valence-corrected chi connectivity index (χ2v) is 5.40. The minimum absolute atomic E-state index is 0.00254. The van der Waals surface area contributed by atoms with Gasteiger partial charge in [-0.25, -0.2) is 0 Å². The summed E-state index contributed by atoms with van der Waals surface area (Å²) in [6, 6.07) is 1.81. The number of rotatable bonds is 5. The predicted octanol–water partition coefficient (Wildman–Crippen LogP) is 2.74. The Morgan fingerprint density at radius 2 is 1.67 bits per heavy atom. The van der Waals surface area contributed by atoms with Crippen molar-refractivity contribution in [1.29, 1.82) is 0 Å². The second-order valence-electron chi connectivity index (χ2n) is 4.54. The summed E-state index contributed by atoms with van der Waals surface area (Å²) in [5, 5.41) is 9.53. The van der Waals surface area contributed by atoms with Gasteiger partial charge in [0.05, 0.1) is 27.9 Å². The van der Waals surface area contributed by atoms with E-state index in [1.165, 1.54) is 0 Å². The van der Waals surface area contributed by atoms with Gasteiger partial charge in [0.2, 0.25) is 5.75 Å². The van der Waals surface area contributed by atoms with Gasteiger partial charge in [0.1, 0.15) is 0 Å². The van der Waals surface area contributed by atoms with Crippen LogP contribution in [-0.2, 0) is 5.41 Å². The normalized spacial score (nSPS) is 11.3. The van der Waals surface area contributed by atoms with Crippen LogP contribution in [0.5, 0.6) is 17.2 Å². The third kappa shape index (κ3) is 2.57. The summed E-state index contributed by atoms with van der Waals surface area (Å²) in [5.41, 5.74) is 0.397. The number of aliphatic hydroxyl groups excluding tert-OH is 1.